The fourth-order valence-corrected chi connectivity index (χ4v) is 4.13. The van der Waals surface area contributed by atoms with E-state index >= 15 is 0 Å². The zero-order valence-electron chi connectivity index (χ0n) is 7.20. The maximum atomic E-state index is 5.80. The molecule has 0 amide bonds. The summed E-state index contributed by atoms with van der Waals surface area (Å²) < 4.78 is 7.27. The van der Waals surface area contributed by atoms with Crippen molar-refractivity contribution in [3.63, 3.8) is 0 Å². The smallest absolute Gasteiger partial charge is 0.497 e. The third-order valence-corrected chi connectivity index (χ3v) is 5.05. The van der Waals surface area contributed by atoms with Gasteiger partial charge in [0.2, 0.25) is 0 Å². The van der Waals surface area contributed by atoms with Gasteiger partial charge in [-0.3, -0.25) is 0 Å². The van der Waals surface area contributed by atoms with E-state index < -0.39 is 14.5 Å². The van der Waals surface area contributed by atoms with Gasteiger partial charge in [0.15, 0.2) is 0 Å². The van der Waals surface area contributed by atoms with Crippen LogP contribution in [0.2, 0.25) is 5.28 Å². The van der Waals surface area contributed by atoms with E-state index in [0.717, 1.165) is 6.61 Å². The first-order chi connectivity index (χ1) is 5.97. The second kappa shape index (κ2) is 4.09. The lowest BCUT2D eigenvalue weighted by Crippen LogP contribution is -2.36. The molecular weight excluding hydrogens is 163 g/mol. The maximum Gasteiger partial charge on any atom is 0.502 e. The minimum atomic E-state index is -0.984. The Balaban J connectivity index is 2.08. The molecule has 1 heterocycles. The summed E-state index contributed by atoms with van der Waals surface area (Å²) in [5.74, 6) is 0. The summed E-state index contributed by atoms with van der Waals surface area (Å²) in [6.07, 6.45) is 2.63. The molecule has 2 heteroatoms. The van der Waals surface area contributed by atoms with Gasteiger partial charge in [0.1, 0.15) is 0 Å². The summed E-state index contributed by atoms with van der Waals surface area (Å²) in [4.78, 5) is 0. The fourth-order valence-electron chi connectivity index (χ4n) is 1.67. The van der Waals surface area contributed by atoms with E-state index in [0.29, 0.717) is 0 Å². The molecule has 1 aliphatic rings. The lowest BCUT2D eigenvalue weighted by molar-refractivity contribution is 0.294. The van der Waals surface area contributed by atoms with Crippen molar-refractivity contribution in [2.45, 2.75) is 18.1 Å². The number of rotatable bonds is 1. The summed E-state index contributed by atoms with van der Waals surface area (Å²) in [5, 5.41) is 1.32. The highest BCUT2D eigenvalue weighted by molar-refractivity contribution is 6.67. The molecule has 2 rings (SSSR count). The largest absolute Gasteiger partial charge is 0.502 e. The van der Waals surface area contributed by atoms with Crippen molar-refractivity contribution < 1.29 is 3.79 Å². The van der Waals surface area contributed by atoms with Crippen molar-refractivity contribution >= 4 is 18.9 Å². The third-order valence-electron chi connectivity index (χ3n) is 2.35. The number of hydrogen-bond donors (Lipinski definition) is 0. The van der Waals surface area contributed by atoms with Gasteiger partial charge in [-0.25, -0.2) is 0 Å². The van der Waals surface area contributed by atoms with Gasteiger partial charge in [-0.1, -0.05) is 46.5 Å². The van der Waals surface area contributed by atoms with Gasteiger partial charge in [-0.15, -0.1) is 0 Å². The predicted molar refractivity (Wildman–Crippen MR) is 51.8 cm³/mol. The highest BCUT2D eigenvalue weighted by Crippen LogP contribution is 2.10. The van der Waals surface area contributed by atoms with Crippen LogP contribution in [0.1, 0.15) is 12.8 Å². The first-order valence-corrected chi connectivity index (χ1v) is 6.50. The lowest BCUT2D eigenvalue weighted by Gasteiger charge is -2.18. The van der Waals surface area contributed by atoms with Gasteiger partial charge in [0, 0.05) is 6.61 Å². The van der Waals surface area contributed by atoms with Crippen LogP contribution in [0.15, 0.2) is 30.3 Å². The molecule has 1 aliphatic heterocycles. The molecule has 1 aromatic carbocycles. The summed E-state index contributed by atoms with van der Waals surface area (Å²) in [5.41, 5.74) is 0. The highest BCUT2D eigenvalue weighted by atomic mass is 27.2. The van der Waals surface area contributed by atoms with Crippen LogP contribution in [0, 0.1) is 0 Å². The normalized spacial score (nSPS) is 17.8. The van der Waals surface area contributed by atoms with E-state index in [2.05, 4.69) is 30.3 Å². The lowest BCUT2D eigenvalue weighted by atomic mass is 10.3. The van der Waals surface area contributed by atoms with Crippen LogP contribution < -0.4 is 4.43 Å². The van der Waals surface area contributed by atoms with E-state index in [9.17, 15) is 0 Å². The maximum absolute atomic E-state index is 5.80. The average Bonchev–Trinajstić information content (AvgIpc) is 2.21. The molecule has 0 bridgehead atoms. The second-order valence-corrected chi connectivity index (χ2v) is 5.82. The molecule has 0 N–H and O–H groups in total. The van der Waals surface area contributed by atoms with Gasteiger partial charge in [0.25, 0.3) is 0 Å². The van der Waals surface area contributed by atoms with E-state index in [-0.39, 0.29) is 0 Å². The van der Waals surface area contributed by atoms with Crippen LogP contribution in [0.3, 0.4) is 0 Å². The average molecular weight is 176 g/mol. The van der Waals surface area contributed by atoms with Crippen LogP contribution in [-0.4, -0.2) is 21.1 Å². The molecule has 1 nitrogen and oxygen atoms in total. The van der Waals surface area contributed by atoms with Crippen LogP contribution in [0.4, 0.5) is 0 Å². The second-order valence-electron chi connectivity index (χ2n) is 3.27. The molecule has 0 saturated carbocycles. The summed E-state index contributed by atoms with van der Waals surface area (Å²) in [6.45, 7) is 0.992. The Kier molecular flexibility index (Phi) is 2.84. The Hall–Kier alpha value is -0.288. The molecule has 1 aromatic rings. The molecule has 12 heavy (non-hydrogen) atoms. The zero-order valence-corrected chi connectivity index (χ0v) is 8.36. The molecular formula is C10H13AlO. The van der Waals surface area contributed by atoms with Crippen molar-refractivity contribution in [2.75, 3.05) is 6.61 Å². The van der Waals surface area contributed by atoms with Gasteiger partial charge in [-0.2, -0.15) is 0 Å². The van der Waals surface area contributed by atoms with Crippen LogP contribution in [0.25, 0.3) is 0 Å². The quantitative estimate of drug-likeness (QED) is 0.592. The Labute approximate surface area is 78.1 Å². The predicted octanol–water partition coefficient (Wildman–Crippen LogP) is 1.70. The SMILES string of the molecule is c1cc[c]([Al]2[CH2]CCC[O]2)cc1. The molecule has 0 aliphatic carbocycles. The Morgan fingerprint density at radius 2 is 1.92 bits per heavy atom. The summed E-state index contributed by atoms with van der Waals surface area (Å²) >= 11 is -0.984. The van der Waals surface area contributed by atoms with E-state index in [1.165, 1.54) is 22.5 Å². The molecule has 0 spiro atoms. The number of hydrogen-bond acceptors (Lipinski definition) is 1. The monoisotopic (exact) mass is 176 g/mol. The van der Waals surface area contributed by atoms with Crippen LogP contribution in [-0.2, 0) is 3.79 Å². The molecule has 0 unspecified atom stereocenters. The highest BCUT2D eigenvalue weighted by Gasteiger charge is 2.25. The first-order valence-electron chi connectivity index (χ1n) is 4.63. The molecule has 0 aromatic heterocycles. The Morgan fingerprint density at radius 1 is 1.08 bits per heavy atom. The van der Waals surface area contributed by atoms with Gasteiger partial charge in [0.05, 0.1) is 0 Å². The third kappa shape index (κ3) is 1.90. The van der Waals surface area contributed by atoms with Crippen molar-refractivity contribution in [3.8, 4) is 0 Å². The van der Waals surface area contributed by atoms with Crippen LogP contribution >= 0.6 is 0 Å². The van der Waals surface area contributed by atoms with Crippen LogP contribution in [0.5, 0.6) is 0 Å². The molecule has 0 radical (unpaired) electrons. The Morgan fingerprint density at radius 3 is 2.58 bits per heavy atom. The summed E-state index contributed by atoms with van der Waals surface area (Å²) in [7, 11) is 0. The zero-order chi connectivity index (χ0) is 8.23. The Bertz CT molecular complexity index is 229. The van der Waals surface area contributed by atoms with Crippen molar-refractivity contribution in [2.24, 2.45) is 0 Å². The topological polar surface area (TPSA) is 9.23 Å². The van der Waals surface area contributed by atoms with Gasteiger partial charge in [-0.05, 0) is 6.42 Å². The van der Waals surface area contributed by atoms with Gasteiger partial charge >= 0.3 is 14.5 Å². The van der Waals surface area contributed by atoms with Crippen molar-refractivity contribution in [1.29, 1.82) is 0 Å². The molecule has 62 valence electrons. The molecule has 1 saturated heterocycles. The first kappa shape index (κ1) is 8.32. The number of benzene rings is 1. The van der Waals surface area contributed by atoms with E-state index in [4.69, 9.17) is 3.79 Å². The minimum Gasteiger partial charge on any atom is -0.497 e. The molecule has 0 atom stereocenters. The standard InChI is InChI=1S/C6H5.C4H8O.Al/c1-2-4-6-5-3-1;1-2-3-4-5;/h1-5H;1-4H2;/q;-1;+1. The van der Waals surface area contributed by atoms with Crippen molar-refractivity contribution in [1.82, 2.24) is 0 Å². The summed E-state index contributed by atoms with van der Waals surface area (Å²) in [6, 6.07) is 10.7. The van der Waals surface area contributed by atoms with E-state index in [1.54, 1.807) is 0 Å². The minimum absolute atomic E-state index is 0.984. The fraction of sp³-hybridized carbons (Fsp3) is 0.400. The van der Waals surface area contributed by atoms with Gasteiger partial charge < -0.3 is 3.79 Å². The van der Waals surface area contributed by atoms with E-state index in [1.807, 2.05) is 0 Å². The molecule has 1 fully saturated rings. The van der Waals surface area contributed by atoms with Crippen molar-refractivity contribution in [3.05, 3.63) is 30.3 Å².